The number of hydrazone groups is 1. The Balaban J connectivity index is 1.48. The van der Waals surface area contributed by atoms with Gasteiger partial charge in [-0.15, -0.1) is 0 Å². The highest BCUT2D eigenvalue weighted by atomic mass is 79.9. The third-order valence-electron chi connectivity index (χ3n) is 5.17. The summed E-state index contributed by atoms with van der Waals surface area (Å²) in [6, 6.07) is 7.61. The number of hydrogen-bond donors (Lipinski definition) is 1. The predicted molar refractivity (Wildman–Crippen MR) is 115 cm³/mol. The first kappa shape index (κ1) is 18.6. The quantitative estimate of drug-likeness (QED) is 0.629. The van der Waals surface area contributed by atoms with Gasteiger partial charge in [-0.1, -0.05) is 60.2 Å². The van der Waals surface area contributed by atoms with Crippen LogP contribution < -0.4 is 0 Å². The monoisotopic (exact) mass is 444 g/mol. The highest BCUT2D eigenvalue weighted by molar-refractivity contribution is 9.10. The first-order valence-electron chi connectivity index (χ1n) is 9.35. The Kier molecular flexibility index (Phi) is 5.59. The molecule has 1 N–H and O–H groups in total. The first-order chi connectivity index (χ1) is 13.1. The Morgan fingerprint density at radius 2 is 1.96 bits per heavy atom. The lowest BCUT2D eigenvalue weighted by molar-refractivity contribution is -0.114. The van der Waals surface area contributed by atoms with Gasteiger partial charge in [-0.3, -0.25) is 10.2 Å². The van der Waals surface area contributed by atoms with Crippen molar-refractivity contribution in [2.45, 2.75) is 44.9 Å². The standard InChI is InChI=1S/C20H21BrN4OS/c21-15-9-6-14(7-10-15)12-16-18(22)25-20(23-19(16)26)27-17(24-25)11-8-13-4-2-1-3-5-13/h6-7,9-10,12-13,22H,1-5,8,11H2/b16-12-,22-18?. The predicted octanol–water partition coefficient (Wildman–Crippen LogP) is 5.43. The average Bonchev–Trinajstić information content (AvgIpc) is 3.09. The molecule has 140 valence electrons. The molecule has 2 aliphatic heterocycles. The Bertz CT molecular complexity index is 853. The molecule has 0 saturated heterocycles. The van der Waals surface area contributed by atoms with E-state index in [1.807, 2.05) is 24.3 Å². The van der Waals surface area contributed by atoms with Crippen molar-refractivity contribution in [2.24, 2.45) is 16.0 Å². The summed E-state index contributed by atoms with van der Waals surface area (Å²) >= 11 is 4.83. The maximum Gasteiger partial charge on any atom is 0.283 e. The first-order valence-corrected chi connectivity index (χ1v) is 11.0. The number of amidine groups is 2. The summed E-state index contributed by atoms with van der Waals surface area (Å²) in [6.45, 7) is 0. The maximum absolute atomic E-state index is 12.4. The molecular weight excluding hydrogens is 424 g/mol. The van der Waals surface area contributed by atoms with Crippen molar-refractivity contribution in [3.63, 3.8) is 0 Å². The van der Waals surface area contributed by atoms with Crippen LogP contribution in [0.4, 0.5) is 0 Å². The highest BCUT2D eigenvalue weighted by Gasteiger charge is 2.35. The minimum atomic E-state index is -0.370. The van der Waals surface area contributed by atoms with E-state index in [2.05, 4.69) is 26.0 Å². The van der Waals surface area contributed by atoms with Gasteiger partial charge in [-0.25, -0.2) is 0 Å². The number of halogens is 1. The van der Waals surface area contributed by atoms with E-state index in [4.69, 9.17) is 5.41 Å². The molecule has 1 aromatic carbocycles. The van der Waals surface area contributed by atoms with Gasteiger partial charge in [-0.05, 0) is 54.3 Å². The van der Waals surface area contributed by atoms with Gasteiger partial charge in [0.1, 0.15) is 5.04 Å². The summed E-state index contributed by atoms with van der Waals surface area (Å²) in [4.78, 5) is 16.6. The van der Waals surface area contributed by atoms with Crippen molar-refractivity contribution in [1.82, 2.24) is 5.01 Å². The molecule has 0 atom stereocenters. The summed E-state index contributed by atoms with van der Waals surface area (Å²) in [7, 11) is 0. The number of carbonyl (C=O) groups is 1. The van der Waals surface area contributed by atoms with Gasteiger partial charge < -0.3 is 0 Å². The van der Waals surface area contributed by atoms with Crippen molar-refractivity contribution >= 4 is 55.7 Å². The van der Waals surface area contributed by atoms with Crippen LogP contribution in [0.5, 0.6) is 0 Å². The molecule has 7 heteroatoms. The Morgan fingerprint density at radius 1 is 1.22 bits per heavy atom. The number of carbonyl (C=O) groups excluding carboxylic acids is 1. The lowest BCUT2D eigenvalue weighted by Crippen LogP contribution is -2.35. The van der Waals surface area contributed by atoms with Crippen LogP contribution in [-0.2, 0) is 4.79 Å². The van der Waals surface area contributed by atoms with Crippen LogP contribution in [0.1, 0.15) is 50.5 Å². The molecule has 1 amide bonds. The maximum atomic E-state index is 12.4. The Morgan fingerprint density at radius 3 is 2.70 bits per heavy atom. The zero-order valence-corrected chi connectivity index (χ0v) is 17.4. The van der Waals surface area contributed by atoms with E-state index < -0.39 is 0 Å². The Labute approximate surface area is 171 Å². The van der Waals surface area contributed by atoms with E-state index in [1.165, 1.54) is 48.9 Å². The number of fused-ring (bicyclic) bond motifs is 1. The summed E-state index contributed by atoms with van der Waals surface area (Å²) < 4.78 is 0.971. The van der Waals surface area contributed by atoms with Crippen molar-refractivity contribution < 1.29 is 4.79 Å². The molecule has 5 nitrogen and oxygen atoms in total. The van der Waals surface area contributed by atoms with E-state index in [9.17, 15) is 4.79 Å². The van der Waals surface area contributed by atoms with Crippen LogP contribution in [-0.4, -0.2) is 27.0 Å². The smallest absolute Gasteiger partial charge is 0.282 e. The molecule has 1 saturated carbocycles. The molecule has 0 unspecified atom stereocenters. The fourth-order valence-corrected chi connectivity index (χ4v) is 4.83. The third-order valence-corrected chi connectivity index (χ3v) is 6.67. The summed E-state index contributed by atoms with van der Waals surface area (Å²) in [6.07, 6.45) is 10.4. The SMILES string of the molecule is N=C1/C(=C/c2ccc(Br)cc2)C(=O)N=C2SC(CCC3CCCCC3)=NN12. The molecule has 0 bridgehead atoms. The van der Waals surface area contributed by atoms with Crippen LogP contribution in [0.3, 0.4) is 0 Å². The number of thioether (sulfide) groups is 1. The number of hydrogen-bond acceptors (Lipinski definition) is 4. The molecule has 0 radical (unpaired) electrons. The number of nitrogens with zero attached hydrogens (tertiary/aromatic N) is 3. The van der Waals surface area contributed by atoms with Crippen LogP contribution in [0.25, 0.3) is 6.08 Å². The molecule has 3 aliphatic rings. The van der Waals surface area contributed by atoms with Crippen LogP contribution in [0, 0.1) is 11.3 Å². The molecule has 1 fully saturated rings. The number of nitrogens with one attached hydrogen (secondary N) is 1. The van der Waals surface area contributed by atoms with Crippen LogP contribution >= 0.6 is 27.7 Å². The second-order valence-electron chi connectivity index (χ2n) is 7.11. The van der Waals surface area contributed by atoms with Gasteiger partial charge in [0.25, 0.3) is 5.91 Å². The largest absolute Gasteiger partial charge is 0.283 e. The molecule has 27 heavy (non-hydrogen) atoms. The zero-order valence-electron chi connectivity index (χ0n) is 14.9. The van der Waals surface area contributed by atoms with E-state index in [-0.39, 0.29) is 17.3 Å². The van der Waals surface area contributed by atoms with E-state index in [0.29, 0.717) is 5.17 Å². The number of aliphatic imine (C=N–C) groups is 1. The minimum Gasteiger partial charge on any atom is -0.282 e. The van der Waals surface area contributed by atoms with Gasteiger partial charge >= 0.3 is 0 Å². The third kappa shape index (κ3) is 4.24. The molecule has 1 aliphatic carbocycles. The summed E-state index contributed by atoms with van der Waals surface area (Å²) in [5.41, 5.74) is 1.14. The van der Waals surface area contributed by atoms with Gasteiger partial charge in [0.05, 0.1) is 5.57 Å². The van der Waals surface area contributed by atoms with Gasteiger partial charge in [-0.2, -0.15) is 15.1 Å². The second kappa shape index (κ2) is 8.10. The number of rotatable bonds is 4. The molecule has 1 aromatic rings. The van der Waals surface area contributed by atoms with Crippen molar-refractivity contribution in [3.8, 4) is 0 Å². The van der Waals surface area contributed by atoms with Crippen molar-refractivity contribution in [3.05, 3.63) is 39.9 Å². The van der Waals surface area contributed by atoms with E-state index in [0.717, 1.165) is 33.8 Å². The highest BCUT2D eigenvalue weighted by Crippen LogP contribution is 2.33. The molecule has 0 aromatic heterocycles. The number of benzene rings is 1. The van der Waals surface area contributed by atoms with Gasteiger partial charge in [0.15, 0.2) is 5.84 Å². The minimum absolute atomic E-state index is 0.105. The van der Waals surface area contributed by atoms with Crippen LogP contribution in [0.15, 0.2) is 44.4 Å². The topological polar surface area (TPSA) is 68.9 Å². The van der Waals surface area contributed by atoms with Crippen molar-refractivity contribution in [2.75, 3.05) is 0 Å². The normalized spacial score (nSPS) is 22.1. The second-order valence-corrected chi connectivity index (χ2v) is 9.06. The molecule has 0 spiro atoms. The summed E-state index contributed by atoms with van der Waals surface area (Å²) in [5, 5.41) is 16.0. The Hall–Kier alpha value is -1.73. The average molecular weight is 445 g/mol. The van der Waals surface area contributed by atoms with Crippen molar-refractivity contribution in [1.29, 1.82) is 5.41 Å². The molecule has 4 rings (SSSR count). The lowest BCUT2D eigenvalue weighted by atomic mass is 9.86. The van der Waals surface area contributed by atoms with Gasteiger partial charge in [0.2, 0.25) is 5.17 Å². The molecule has 2 heterocycles. The number of amides is 1. The van der Waals surface area contributed by atoms with Crippen LogP contribution in [0.2, 0.25) is 0 Å². The zero-order chi connectivity index (χ0) is 18.8. The van der Waals surface area contributed by atoms with Gasteiger partial charge in [0, 0.05) is 4.47 Å². The fraction of sp³-hybridized carbons (Fsp3) is 0.400. The van der Waals surface area contributed by atoms with E-state index in [1.54, 1.807) is 6.08 Å². The van der Waals surface area contributed by atoms with E-state index >= 15 is 0 Å². The summed E-state index contributed by atoms with van der Waals surface area (Å²) in [5.74, 6) is 0.522. The lowest BCUT2D eigenvalue weighted by Gasteiger charge is -2.20. The molecular formula is C20H21BrN4OS. The fourth-order valence-electron chi connectivity index (χ4n) is 3.66.